The largest absolute Gasteiger partial charge is 0.322 e. The second kappa shape index (κ2) is 6.29. The molecule has 0 aliphatic carbocycles. The Morgan fingerprint density at radius 3 is 2.32 bits per heavy atom. The van der Waals surface area contributed by atoms with E-state index < -0.39 is 9.84 Å². The lowest BCUT2D eigenvalue weighted by molar-refractivity contribution is 0.102. The zero-order chi connectivity index (χ0) is 18.2. The predicted octanol–water partition coefficient (Wildman–Crippen LogP) is 3.51. The number of hydrogen-bond donors (Lipinski definition) is 1. The lowest BCUT2D eigenvalue weighted by atomic mass is 10.1. The van der Waals surface area contributed by atoms with Gasteiger partial charge in [-0.25, -0.2) is 8.42 Å². The summed E-state index contributed by atoms with van der Waals surface area (Å²) in [6.07, 6.45) is 1.15. The number of aromatic nitrogens is 1. The predicted molar refractivity (Wildman–Crippen MR) is 98.7 cm³/mol. The van der Waals surface area contributed by atoms with Gasteiger partial charge in [0.15, 0.2) is 9.84 Å². The average molecular weight is 354 g/mol. The third kappa shape index (κ3) is 3.69. The molecule has 0 fully saturated rings. The van der Waals surface area contributed by atoms with Crippen molar-refractivity contribution in [2.24, 2.45) is 0 Å². The Morgan fingerprint density at radius 1 is 1.00 bits per heavy atom. The molecule has 0 spiro atoms. The number of benzene rings is 2. The second-order valence-electron chi connectivity index (χ2n) is 6.07. The molecule has 6 heteroatoms. The van der Waals surface area contributed by atoms with Crippen LogP contribution in [0.5, 0.6) is 0 Å². The number of anilines is 1. The molecule has 128 valence electrons. The third-order valence-electron chi connectivity index (χ3n) is 3.95. The Morgan fingerprint density at radius 2 is 1.68 bits per heavy atom. The lowest BCUT2D eigenvalue weighted by Gasteiger charge is -2.10. The summed E-state index contributed by atoms with van der Waals surface area (Å²) in [5, 5.41) is 3.69. The number of rotatable bonds is 3. The summed E-state index contributed by atoms with van der Waals surface area (Å²) in [7, 11) is -3.26. The van der Waals surface area contributed by atoms with Gasteiger partial charge < -0.3 is 5.32 Å². The number of aryl methyl sites for hydroxylation is 2. The zero-order valence-electron chi connectivity index (χ0n) is 14.2. The molecular weight excluding hydrogens is 336 g/mol. The van der Waals surface area contributed by atoms with Crippen LogP contribution in [-0.4, -0.2) is 25.6 Å². The molecule has 0 aliphatic heterocycles. The van der Waals surface area contributed by atoms with Crippen molar-refractivity contribution in [2.45, 2.75) is 18.7 Å². The van der Waals surface area contributed by atoms with Gasteiger partial charge in [0.2, 0.25) is 0 Å². The molecule has 2 aromatic carbocycles. The number of nitrogens with zero attached hydrogens (tertiary/aromatic N) is 1. The first-order valence-corrected chi connectivity index (χ1v) is 9.63. The average Bonchev–Trinajstić information content (AvgIpc) is 2.54. The highest BCUT2D eigenvalue weighted by molar-refractivity contribution is 7.90. The minimum atomic E-state index is -3.26. The van der Waals surface area contributed by atoms with E-state index in [1.807, 2.05) is 31.2 Å². The van der Waals surface area contributed by atoms with Crippen molar-refractivity contribution in [3.05, 3.63) is 65.4 Å². The number of amides is 1. The molecule has 0 radical (unpaired) electrons. The van der Waals surface area contributed by atoms with E-state index in [2.05, 4.69) is 10.3 Å². The molecule has 0 aliphatic rings. The van der Waals surface area contributed by atoms with Crippen molar-refractivity contribution in [1.29, 1.82) is 0 Å². The maximum Gasteiger partial charge on any atom is 0.257 e. The molecule has 0 saturated heterocycles. The number of hydrogen-bond acceptors (Lipinski definition) is 4. The lowest BCUT2D eigenvalue weighted by Crippen LogP contribution is -2.14. The first kappa shape index (κ1) is 17.1. The first-order chi connectivity index (χ1) is 11.7. The maximum atomic E-state index is 12.6. The van der Waals surface area contributed by atoms with Crippen LogP contribution in [0.25, 0.3) is 10.9 Å². The van der Waals surface area contributed by atoms with Gasteiger partial charge in [0.05, 0.1) is 21.7 Å². The summed E-state index contributed by atoms with van der Waals surface area (Å²) in [5.41, 5.74) is 3.60. The normalized spacial score (nSPS) is 11.5. The molecule has 3 aromatic rings. The Kier molecular flexibility index (Phi) is 4.30. The minimum absolute atomic E-state index is 0.213. The molecule has 5 nitrogen and oxygen atoms in total. The number of fused-ring (bicyclic) bond motifs is 1. The Hall–Kier alpha value is -2.73. The van der Waals surface area contributed by atoms with Crippen molar-refractivity contribution in [3.63, 3.8) is 0 Å². The fourth-order valence-corrected chi connectivity index (χ4v) is 3.24. The summed E-state index contributed by atoms with van der Waals surface area (Å²) >= 11 is 0. The van der Waals surface area contributed by atoms with E-state index in [-0.39, 0.29) is 10.8 Å². The van der Waals surface area contributed by atoms with Crippen LogP contribution in [0.4, 0.5) is 5.69 Å². The molecule has 1 N–H and O–H groups in total. The van der Waals surface area contributed by atoms with Crippen LogP contribution in [0.3, 0.4) is 0 Å². The van der Waals surface area contributed by atoms with E-state index in [9.17, 15) is 13.2 Å². The van der Waals surface area contributed by atoms with E-state index in [1.165, 1.54) is 12.1 Å². The summed E-state index contributed by atoms with van der Waals surface area (Å²) < 4.78 is 23.0. The number of carbonyl (C=O) groups excluding carboxylic acids is 1. The van der Waals surface area contributed by atoms with Gasteiger partial charge in [-0.05, 0) is 56.3 Å². The summed E-state index contributed by atoms with van der Waals surface area (Å²) in [5.74, 6) is -0.277. The first-order valence-electron chi connectivity index (χ1n) is 7.73. The van der Waals surface area contributed by atoms with Gasteiger partial charge in [-0.15, -0.1) is 0 Å². The number of sulfone groups is 1. The van der Waals surface area contributed by atoms with E-state index >= 15 is 0 Å². The van der Waals surface area contributed by atoms with Crippen LogP contribution in [0.1, 0.15) is 21.6 Å². The molecule has 3 rings (SSSR count). The molecular formula is C19H18N2O3S. The monoisotopic (exact) mass is 354 g/mol. The van der Waals surface area contributed by atoms with Crippen LogP contribution in [-0.2, 0) is 9.84 Å². The van der Waals surface area contributed by atoms with E-state index in [0.717, 1.165) is 22.7 Å². The van der Waals surface area contributed by atoms with E-state index in [0.29, 0.717) is 16.9 Å². The van der Waals surface area contributed by atoms with Gasteiger partial charge in [0.25, 0.3) is 5.91 Å². The Balaban J connectivity index is 1.90. The zero-order valence-corrected chi connectivity index (χ0v) is 15.0. The second-order valence-corrected chi connectivity index (χ2v) is 8.08. The van der Waals surface area contributed by atoms with Crippen molar-refractivity contribution < 1.29 is 13.2 Å². The standard InChI is InChI=1S/C19H18N2O3S/c1-12-4-9-18-14(10-12)11-17(13(2)20-18)19(22)21-15-5-7-16(8-6-15)25(3,23)24/h4-11H,1-3H3,(H,21,22). The molecule has 0 atom stereocenters. The van der Waals surface area contributed by atoms with E-state index in [4.69, 9.17) is 0 Å². The van der Waals surface area contributed by atoms with Gasteiger partial charge >= 0.3 is 0 Å². The molecule has 1 aromatic heterocycles. The number of nitrogens with one attached hydrogen (secondary N) is 1. The van der Waals surface area contributed by atoms with Crippen LogP contribution >= 0.6 is 0 Å². The highest BCUT2D eigenvalue weighted by Gasteiger charge is 2.13. The molecule has 1 heterocycles. The van der Waals surface area contributed by atoms with Gasteiger partial charge in [-0.2, -0.15) is 0 Å². The smallest absolute Gasteiger partial charge is 0.257 e. The summed E-state index contributed by atoms with van der Waals surface area (Å²) in [6, 6.07) is 13.8. The Bertz CT molecular complexity index is 1070. The fraction of sp³-hybridized carbons (Fsp3) is 0.158. The van der Waals surface area contributed by atoms with Crippen LogP contribution in [0.2, 0.25) is 0 Å². The molecule has 1 amide bonds. The fourth-order valence-electron chi connectivity index (χ4n) is 2.61. The van der Waals surface area contributed by atoms with Crippen molar-refractivity contribution in [2.75, 3.05) is 11.6 Å². The molecule has 0 unspecified atom stereocenters. The van der Waals surface area contributed by atoms with E-state index in [1.54, 1.807) is 19.1 Å². The minimum Gasteiger partial charge on any atom is -0.322 e. The number of pyridine rings is 1. The van der Waals surface area contributed by atoms with Gasteiger partial charge in [-0.3, -0.25) is 9.78 Å². The summed E-state index contributed by atoms with van der Waals surface area (Å²) in [6.45, 7) is 3.78. The molecule has 0 saturated carbocycles. The van der Waals surface area contributed by atoms with Crippen molar-refractivity contribution in [1.82, 2.24) is 4.98 Å². The quantitative estimate of drug-likeness (QED) is 0.781. The van der Waals surface area contributed by atoms with Crippen molar-refractivity contribution in [3.8, 4) is 0 Å². The topological polar surface area (TPSA) is 76.1 Å². The van der Waals surface area contributed by atoms with Gasteiger partial charge in [0, 0.05) is 17.3 Å². The molecule has 25 heavy (non-hydrogen) atoms. The summed E-state index contributed by atoms with van der Waals surface area (Å²) in [4.78, 5) is 17.3. The highest BCUT2D eigenvalue weighted by Crippen LogP contribution is 2.20. The molecule has 0 bridgehead atoms. The number of carbonyl (C=O) groups is 1. The van der Waals surface area contributed by atoms with Gasteiger partial charge in [-0.1, -0.05) is 11.6 Å². The SMILES string of the molecule is Cc1ccc2nc(C)c(C(=O)Nc3ccc(S(C)(=O)=O)cc3)cc2c1. The van der Waals surface area contributed by atoms with Crippen molar-refractivity contribution >= 4 is 32.3 Å². The third-order valence-corrected chi connectivity index (χ3v) is 5.07. The highest BCUT2D eigenvalue weighted by atomic mass is 32.2. The van der Waals surface area contributed by atoms with Gasteiger partial charge in [0.1, 0.15) is 0 Å². The van der Waals surface area contributed by atoms with Crippen LogP contribution in [0, 0.1) is 13.8 Å². The van der Waals surface area contributed by atoms with Crippen LogP contribution in [0.15, 0.2) is 53.4 Å². The Labute approximate surface area is 146 Å². The van der Waals surface area contributed by atoms with Crippen LogP contribution < -0.4 is 5.32 Å². The maximum absolute atomic E-state index is 12.6.